The second-order valence-electron chi connectivity index (χ2n) is 6.35. The number of benzene rings is 3. The minimum absolute atomic E-state index is 0.0962. The fraction of sp³-hybridized carbons (Fsp3) is 0.150. The molecule has 0 radical (unpaired) electrons. The molecule has 3 aromatic carbocycles. The van der Waals surface area contributed by atoms with Crippen LogP contribution in [0.5, 0.6) is 0 Å². The average Bonchev–Trinajstić information content (AvgIpc) is 3.06. The predicted molar refractivity (Wildman–Crippen MR) is 103 cm³/mol. The van der Waals surface area contributed by atoms with E-state index in [1.807, 2.05) is 30.3 Å². The molecular weight excluding hydrogens is 348 g/mol. The molecule has 0 fully saturated rings. The summed E-state index contributed by atoms with van der Waals surface area (Å²) in [6, 6.07) is 18.1. The molecule has 0 bridgehead atoms. The molecular formula is C20H18N2O3S. The number of fused-ring (bicyclic) bond motifs is 2. The molecule has 3 aromatic rings. The topological polar surface area (TPSA) is 66.5 Å². The zero-order valence-corrected chi connectivity index (χ0v) is 15.1. The van der Waals surface area contributed by atoms with Gasteiger partial charge in [-0.3, -0.25) is 9.52 Å². The molecule has 0 saturated heterocycles. The van der Waals surface area contributed by atoms with Gasteiger partial charge in [-0.1, -0.05) is 42.5 Å². The second kappa shape index (κ2) is 6.14. The first-order chi connectivity index (χ1) is 12.5. The molecule has 0 saturated carbocycles. The van der Waals surface area contributed by atoms with E-state index in [0.29, 0.717) is 17.9 Å². The van der Waals surface area contributed by atoms with E-state index >= 15 is 0 Å². The van der Waals surface area contributed by atoms with Crippen molar-refractivity contribution in [1.82, 2.24) is 0 Å². The highest BCUT2D eigenvalue weighted by Gasteiger charge is 2.27. The van der Waals surface area contributed by atoms with E-state index in [-0.39, 0.29) is 10.8 Å². The molecule has 0 spiro atoms. The number of sulfonamides is 1. The first-order valence-electron chi connectivity index (χ1n) is 8.37. The lowest BCUT2D eigenvalue weighted by Crippen LogP contribution is -2.27. The number of hydrogen-bond acceptors (Lipinski definition) is 3. The van der Waals surface area contributed by atoms with Crippen LogP contribution in [-0.2, 0) is 21.2 Å². The zero-order chi connectivity index (χ0) is 18.3. The summed E-state index contributed by atoms with van der Waals surface area (Å²) in [6.07, 6.45) is 0.723. The van der Waals surface area contributed by atoms with Gasteiger partial charge < -0.3 is 4.90 Å². The molecule has 0 unspecified atom stereocenters. The van der Waals surface area contributed by atoms with Crippen LogP contribution in [0.2, 0.25) is 0 Å². The van der Waals surface area contributed by atoms with Gasteiger partial charge in [-0.25, -0.2) is 8.42 Å². The molecule has 1 aliphatic heterocycles. The van der Waals surface area contributed by atoms with Crippen LogP contribution in [0.25, 0.3) is 10.8 Å². The van der Waals surface area contributed by atoms with E-state index in [2.05, 4.69) is 4.72 Å². The Labute approximate surface area is 152 Å². The third-order valence-electron chi connectivity index (χ3n) is 4.65. The fourth-order valence-corrected chi connectivity index (χ4v) is 4.49. The average molecular weight is 366 g/mol. The van der Waals surface area contributed by atoms with Gasteiger partial charge in [0.25, 0.3) is 10.0 Å². The largest absolute Gasteiger partial charge is 0.310 e. The van der Waals surface area contributed by atoms with Crippen LogP contribution >= 0.6 is 0 Å². The number of para-hydroxylation sites is 1. The number of nitrogens with zero attached hydrogens (tertiary/aromatic N) is 1. The standard InChI is InChI=1S/C20H18N2O3S/c1-14(23)22-12-11-16-7-4-8-19(20(16)22)21-26(24,25)18-10-9-15-5-2-3-6-17(15)13-18/h2-10,13,21H,11-12H2,1H3. The Bertz CT molecular complexity index is 1120. The molecule has 1 amide bonds. The molecule has 1 N–H and O–H groups in total. The summed E-state index contributed by atoms with van der Waals surface area (Å²) >= 11 is 0. The summed E-state index contributed by atoms with van der Waals surface area (Å²) in [4.78, 5) is 13.7. The molecule has 0 aromatic heterocycles. The van der Waals surface area contributed by atoms with Crippen molar-refractivity contribution in [2.75, 3.05) is 16.2 Å². The molecule has 5 nitrogen and oxygen atoms in total. The lowest BCUT2D eigenvalue weighted by molar-refractivity contribution is -0.116. The van der Waals surface area contributed by atoms with Crippen LogP contribution in [0.3, 0.4) is 0 Å². The summed E-state index contributed by atoms with van der Waals surface area (Å²) < 4.78 is 28.5. The third kappa shape index (κ3) is 2.82. The number of rotatable bonds is 3. The van der Waals surface area contributed by atoms with Crippen molar-refractivity contribution < 1.29 is 13.2 Å². The molecule has 1 heterocycles. The highest BCUT2D eigenvalue weighted by molar-refractivity contribution is 7.92. The first-order valence-corrected chi connectivity index (χ1v) is 9.86. The Hall–Kier alpha value is -2.86. The van der Waals surface area contributed by atoms with Crippen LogP contribution < -0.4 is 9.62 Å². The molecule has 132 valence electrons. The van der Waals surface area contributed by atoms with Gasteiger partial charge >= 0.3 is 0 Å². The number of hydrogen-bond donors (Lipinski definition) is 1. The third-order valence-corrected chi connectivity index (χ3v) is 6.01. The van der Waals surface area contributed by atoms with E-state index in [9.17, 15) is 13.2 Å². The number of carbonyl (C=O) groups excluding carboxylic acids is 1. The lowest BCUT2D eigenvalue weighted by Gasteiger charge is -2.19. The van der Waals surface area contributed by atoms with Crippen LogP contribution in [0.15, 0.2) is 65.6 Å². The van der Waals surface area contributed by atoms with E-state index < -0.39 is 10.0 Å². The van der Waals surface area contributed by atoms with Crippen LogP contribution in [0, 0.1) is 0 Å². The van der Waals surface area contributed by atoms with Gasteiger partial charge in [0.2, 0.25) is 5.91 Å². The van der Waals surface area contributed by atoms with Gasteiger partial charge in [0.05, 0.1) is 16.3 Å². The monoisotopic (exact) mass is 366 g/mol. The van der Waals surface area contributed by atoms with Crippen molar-refractivity contribution in [3.63, 3.8) is 0 Å². The van der Waals surface area contributed by atoms with Crippen molar-refractivity contribution in [2.45, 2.75) is 18.2 Å². The fourth-order valence-electron chi connectivity index (χ4n) is 3.39. The zero-order valence-electron chi connectivity index (χ0n) is 14.3. The summed E-state index contributed by atoms with van der Waals surface area (Å²) in [5.41, 5.74) is 2.06. The Kier molecular flexibility index (Phi) is 3.92. The molecule has 0 atom stereocenters. The minimum atomic E-state index is -3.76. The van der Waals surface area contributed by atoms with E-state index in [1.54, 1.807) is 35.2 Å². The van der Waals surface area contributed by atoms with Crippen LogP contribution in [-0.4, -0.2) is 20.9 Å². The summed E-state index contributed by atoms with van der Waals surface area (Å²) in [5.74, 6) is -0.0962. The Morgan fingerprint density at radius 3 is 2.54 bits per heavy atom. The Balaban J connectivity index is 1.75. The quantitative estimate of drug-likeness (QED) is 0.771. The predicted octanol–water partition coefficient (Wildman–Crippen LogP) is 3.55. The second-order valence-corrected chi connectivity index (χ2v) is 8.03. The normalized spacial score (nSPS) is 13.7. The van der Waals surface area contributed by atoms with E-state index in [0.717, 1.165) is 22.8 Å². The molecule has 26 heavy (non-hydrogen) atoms. The molecule has 6 heteroatoms. The van der Waals surface area contributed by atoms with Crippen molar-refractivity contribution in [3.8, 4) is 0 Å². The summed E-state index contributed by atoms with van der Waals surface area (Å²) in [7, 11) is -3.76. The summed E-state index contributed by atoms with van der Waals surface area (Å²) in [5, 5.41) is 1.84. The number of carbonyl (C=O) groups is 1. The highest BCUT2D eigenvalue weighted by Crippen LogP contribution is 2.36. The maximum Gasteiger partial charge on any atom is 0.261 e. The Morgan fingerprint density at radius 1 is 1.00 bits per heavy atom. The van der Waals surface area contributed by atoms with E-state index in [1.165, 1.54) is 6.92 Å². The number of nitrogens with one attached hydrogen (secondary N) is 1. The smallest absolute Gasteiger partial charge is 0.261 e. The minimum Gasteiger partial charge on any atom is -0.310 e. The van der Waals surface area contributed by atoms with Crippen molar-refractivity contribution in [1.29, 1.82) is 0 Å². The number of anilines is 2. The van der Waals surface area contributed by atoms with E-state index in [4.69, 9.17) is 0 Å². The van der Waals surface area contributed by atoms with Crippen molar-refractivity contribution in [3.05, 3.63) is 66.2 Å². The highest BCUT2D eigenvalue weighted by atomic mass is 32.2. The van der Waals surface area contributed by atoms with Gasteiger partial charge in [0, 0.05) is 13.5 Å². The Morgan fingerprint density at radius 2 is 1.77 bits per heavy atom. The van der Waals surface area contributed by atoms with Gasteiger partial charge in [0.1, 0.15) is 0 Å². The lowest BCUT2D eigenvalue weighted by atomic mass is 10.1. The first kappa shape index (κ1) is 16.6. The van der Waals surface area contributed by atoms with Gasteiger partial charge in [0.15, 0.2) is 0 Å². The van der Waals surface area contributed by atoms with Crippen molar-refractivity contribution in [2.24, 2.45) is 0 Å². The number of amides is 1. The maximum absolute atomic E-state index is 12.9. The van der Waals surface area contributed by atoms with Crippen LogP contribution in [0.1, 0.15) is 12.5 Å². The van der Waals surface area contributed by atoms with Gasteiger partial charge in [-0.15, -0.1) is 0 Å². The van der Waals surface area contributed by atoms with Gasteiger partial charge in [-0.05, 0) is 41.0 Å². The molecule has 1 aliphatic rings. The van der Waals surface area contributed by atoms with Crippen molar-refractivity contribution >= 4 is 38.1 Å². The van der Waals surface area contributed by atoms with Gasteiger partial charge in [-0.2, -0.15) is 0 Å². The maximum atomic E-state index is 12.9. The molecule has 4 rings (SSSR count). The summed E-state index contributed by atoms with van der Waals surface area (Å²) in [6.45, 7) is 2.06. The molecule has 0 aliphatic carbocycles. The SMILES string of the molecule is CC(=O)N1CCc2cccc(NS(=O)(=O)c3ccc4ccccc4c3)c21. The van der Waals surface area contributed by atoms with Crippen LogP contribution in [0.4, 0.5) is 11.4 Å².